The molecular formula is C12H17BrFN. The summed E-state index contributed by atoms with van der Waals surface area (Å²) in [6, 6.07) is 5.18. The van der Waals surface area contributed by atoms with E-state index in [0.717, 1.165) is 16.5 Å². The third-order valence-electron chi connectivity index (χ3n) is 2.53. The van der Waals surface area contributed by atoms with Crippen molar-refractivity contribution in [2.75, 3.05) is 7.05 Å². The van der Waals surface area contributed by atoms with E-state index in [0.29, 0.717) is 6.04 Å². The Morgan fingerprint density at radius 2 is 2.20 bits per heavy atom. The molecule has 1 rings (SSSR count). The minimum Gasteiger partial charge on any atom is -0.313 e. The molecule has 0 radical (unpaired) electrons. The van der Waals surface area contributed by atoms with Crippen molar-refractivity contribution >= 4 is 15.9 Å². The molecule has 0 aliphatic carbocycles. The van der Waals surface area contributed by atoms with Gasteiger partial charge in [0, 0.05) is 10.5 Å². The lowest BCUT2D eigenvalue weighted by Crippen LogP contribution is -2.16. The maximum absolute atomic E-state index is 12.9. The Bertz CT molecular complexity index is 314. The second-order valence-electron chi connectivity index (χ2n) is 3.65. The van der Waals surface area contributed by atoms with Crippen LogP contribution in [-0.2, 0) is 0 Å². The molecule has 0 saturated carbocycles. The molecule has 3 heteroatoms. The van der Waals surface area contributed by atoms with Crippen LogP contribution in [0.4, 0.5) is 4.39 Å². The average Bonchev–Trinajstić information content (AvgIpc) is 2.21. The lowest BCUT2D eigenvalue weighted by Gasteiger charge is -2.17. The standard InChI is InChI=1S/C12H17BrFN/c1-3-4-5-12(15-2)10-7-6-9(14)8-11(10)13/h6-8,12,15H,3-5H2,1-2H3. The van der Waals surface area contributed by atoms with E-state index < -0.39 is 0 Å². The zero-order valence-corrected chi connectivity index (χ0v) is 10.8. The first-order chi connectivity index (χ1) is 7.19. The number of halogens is 2. The Balaban J connectivity index is 2.81. The summed E-state index contributed by atoms with van der Waals surface area (Å²) >= 11 is 3.40. The van der Waals surface area contributed by atoms with Gasteiger partial charge >= 0.3 is 0 Å². The van der Waals surface area contributed by atoms with Crippen molar-refractivity contribution in [1.29, 1.82) is 0 Å². The molecule has 0 aliphatic heterocycles. The number of benzene rings is 1. The zero-order chi connectivity index (χ0) is 11.3. The third-order valence-corrected chi connectivity index (χ3v) is 3.22. The summed E-state index contributed by atoms with van der Waals surface area (Å²) in [6.07, 6.45) is 3.43. The van der Waals surface area contributed by atoms with Crippen molar-refractivity contribution in [1.82, 2.24) is 5.32 Å². The predicted octanol–water partition coefficient (Wildman–Crippen LogP) is 4.04. The van der Waals surface area contributed by atoms with Gasteiger partial charge in [-0.05, 0) is 31.2 Å². The van der Waals surface area contributed by atoms with Crippen LogP contribution in [-0.4, -0.2) is 7.05 Å². The van der Waals surface area contributed by atoms with Gasteiger partial charge < -0.3 is 5.32 Å². The van der Waals surface area contributed by atoms with Gasteiger partial charge in [0.05, 0.1) is 0 Å². The van der Waals surface area contributed by atoms with Gasteiger partial charge in [0.25, 0.3) is 0 Å². The van der Waals surface area contributed by atoms with Crippen molar-refractivity contribution in [2.45, 2.75) is 32.2 Å². The van der Waals surface area contributed by atoms with E-state index in [1.54, 1.807) is 0 Å². The van der Waals surface area contributed by atoms with Crippen molar-refractivity contribution < 1.29 is 4.39 Å². The maximum atomic E-state index is 12.9. The smallest absolute Gasteiger partial charge is 0.124 e. The molecule has 1 N–H and O–H groups in total. The molecule has 0 fully saturated rings. The molecule has 0 bridgehead atoms. The van der Waals surface area contributed by atoms with Crippen LogP contribution in [0.25, 0.3) is 0 Å². The Hall–Kier alpha value is -0.410. The van der Waals surface area contributed by atoms with Crippen molar-refractivity contribution in [3.8, 4) is 0 Å². The fourth-order valence-corrected chi connectivity index (χ4v) is 2.27. The topological polar surface area (TPSA) is 12.0 Å². The van der Waals surface area contributed by atoms with E-state index >= 15 is 0 Å². The van der Waals surface area contributed by atoms with Gasteiger partial charge in [0.2, 0.25) is 0 Å². The van der Waals surface area contributed by atoms with Crippen LogP contribution in [0.3, 0.4) is 0 Å². The fourth-order valence-electron chi connectivity index (χ4n) is 1.65. The van der Waals surface area contributed by atoms with Crippen LogP contribution in [0.2, 0.25) is 0 Å². The monoisotopic (exact) mass is 273 g/mol. The number of nitrogens with one attached hydrogen (secondary N) is 1. The summed E-state index contributed by atoms with van der Waals surface area (Å²) in [7, 11) is 1.94. The van der Waals surface area contributed by atoms with Gasteiger partial charge in [-0.3, -0.25) is 0 Å². The molecule has 0 aliphatic rings. The lowest BCUT2D eigenvalue weighted by atomic mass is 10.0. The highest BCUT2D eigenvalue weighted by atomic mass is 79.9. The van der Waals surface area contributed by atoms with Gasteiger partial charge in [-0.15, -0.1) is 0 Å². The van der Waals surface area contributed by atoms with Crippen LogP contribution in [0.15, 0.2) is 22.7 Å². The van der Waals surface area contributed by atoms with Crippen molar-refractivity contribution in [3.05, 3.63) is 34.1 Å². The summed E-state index contributed by atoms with van der Waals surface area (Å²) in [5.41, 5.74) is 1.13. The van der Waals surface area contributed by atoms with Crippen LogP contribution < -0.4 is 5.32 Å². The summed E-state index contributed by atoms with van der Waals surface area (Å²) in [5.74, 6) is -0.198. The Morgan fingerprint density at radius 1 is 1.47 bits per heavy atom. The van der Waals surface area contributed by atoms with E-state index in [2.05, 4.69) is 28.2 Å². The van der Waals surface area contributed by atoms with E-state index in [1.165, 1.54) is 25.0 Å². The number of hydrogen-bond donors (Lipinski definition) is 1. The Kier molecular flexibility index (Phi) is 5.26. The molecule has 1 aromatic carbocycles. The lowest BCUT2D eigenvalue weighted by molar-refractivity contribution is 0.519. The molecule has 1 unspecified atom stereocenters. The summed E-state index contributed by atoms with van der Waals surface area (Å²) in [5, 5.41) is 3.26. The van der Waals surface area contributed by atoms with E-state index in [9.17, 15) is 4.39 Å². The zero-order valence-electron chi connectivity index (χ0n) is 9.19. The summed E-state index contributed by atoms with van der Waals surface area (Å²) < 4.78 is 13.8. The largest absolute Gasteiger partial charge is 0.313 e. The molecule has 0 saturated heterocycles. The van der Waals surface area contributed by atoms with Gasteiger partial charge in [0.1, 0.15) is 5.82 Å². The molecule has 1 aromatic rings. The summed E-state index contributed by atoms with van der Waals surface area (Å²) in [4.78, 5) is 0. The molecule has 0 spiro atoms. The summed E-state index contributed by atoms with van der Waals surface area (Å²) in [6.45, 7) is 2.17. The van der Waals surface area contributed by atoms with Crippen LogP contribution in [0.5, 0.6) is 0 Å². The van der Waals surface area contributed by atoms with E-state index in [4.69, 9.17) is 0 Å². The van der Waals surface area contributed by atoms with Gasteiger partial charge in [0.15, 0.2) is 0 Å². The normalized spacial score (nSPS) is 12.8. The number of rotatable bonds is 5. The minimum absolute atomic E-state index is 0.198. The highest BCUT2D eigenvalue weighted by molar-refractivity contribution is 9.10. The van der Waals surface area contributed by atoms with Gasteiger partial charge in [-0.1, -0.05) is 41.8 Å². The second kappa shape index (κ2) is 6.23. The number of unbranched alkanes of at least 4 members (excludes halogenated alkanes) is 1. The van der Waals surface area contributed by atoms with Crippen LogP contribution in [0, 0.1) is 5.82 Å². The third kappa shape index (κ3) is 3.58. The first-order valence-corrected chi connectivity index (χ1v) is 6.10. The molecule has 0 aromatic heterocycles. The molecule has 0 amide bonds. The average molecular weight is 274 g/mol. The minimum atomic E-state index is -0.198. The molecule has 1 atom stereocenters. The van der Waals surface area contributed by atoms with Crippen LogP contribution in [0.1, 0.15) is 37.8 Å². The van der Waals surface area contributed by atoms with E-state index in [-0.39, 0.29) is 5.82 Å². The predicted molar refractivity (Wildman–Crippen MR) is 65.4 cm³/mol. The quantitative estimate of drug-likeness (QED) is 0.854. The SMILES string of the molecule is CCCCC(NC)c1ccc(F)cc1Br. The first kappa shape index (κ1) is 12.7. The highest BCUT2D eigenvalue weighted by Gasteiger charge is 2.12. The Labute approximate surface area is 99.2 Å². The highest BCUT2D eigenvalue weighted by Crippen LogP contribution is 2.27. The Morgan fingerprint density at radius 3 is 2.73 bits per heavy atom. The maximum Gasteiger partial charge on any atom is 0.124 e. The fraction of sp³-hybridized carbons (Fsp3) is 0.500. The van der Waals surface area contributed by atoms with Crippen LogP contribution >= 0.6 is 15.9 Å². The van der Waals surface area contributed by atoms with Crippen molar-refractivity contribution in [2.24, 2.45) is 0 Å². The first-order valence-electron chi connectivity index (χ1n) is 5.31. The molecule has 1 nitrogen and oxygen atoms in total. The number of hydrogen-bond acceptors (Lipinski definition) is 1. The molecule has 15 heavy (non-hydrogen) atoms. The van der Waals surface area contributed by atoms with Gasteiger partial charge in [-0.25, -0.2) is 4.39 Å². The molecular weight excluding hydrogens is 257 g/mol. The second-order valence-corrected chi connectivity index (χ2v) is 4.50. The van der Waals surface area contributed by atoms with Crippen molar-refractivity contribution in [3.63, 3.8) is 0 Å². The molecule has 84 valence electrons. The van der Waals surface area contributed by atoms with E-state index in [1.807, 2.05) is 13.1 Å². The van der Waals surface area contributed by atoms with Gasteiger partial charge in [-0.2, -0.15) is 0 Å². The molecule has 0 heterocycles.